The molecule has 1 aliphatic heterocycles. The number of anilines is 2. The van der Waals surface area contributed by atoms with Gasteiger partial charge in [-0.2, -0.15) is 0 Å². The summed E-state index contributed by atoms with van der Waals surface area (Å²) in [5.74, 6) is 0.998. The van der Waals surface area contributed by atoms with Gasteiger partial charge in [0.1, 0.15) is 0 Å². The number of carbonyl (C=O) groups excluding carboxylic acids is 2. The van der Waals surface area contributed by atoms with Crippen molar-refractivity contribution in [1.29, 1.82) is 0 Å². The lowest BCUT2D eigenvalue weighted by Gasteiger charge is -2.35. The van der Waals surface area contributed by atoms with E-state index in [0.29, 0.717) is 11.5 Å². The molecule has 1 aromatic heterocycles. The molecule has 2 fully saturated rings. The van der Waals surface area contributed by atoms with Crippen molar-refractivity contribution < 1.29 is 9.59 Å². The Morgan fingerprint density at radius 1 is 1.14 bits per heavy atom. The van der Waals surface area contributed by atoms with Gasteiger partial charge in [-0.15, -0.1) is 0 Å². The number of piperidine rings is 1. The summed E-state index contributed by atoms with van der Waals surface area (Å²) in [4.78, 5) is 39.1. The van der Waals surface area contributed by atoms with E-state index in [1.54, 1.807) is 6.20 Å². The van der Waals surface area contributed by atoms with Crippen molar-refractivity contribution in [2.45, 2.75) is 64.5 Å². The first kappa shape index (κ1) is 27.5. The van der Waals surface area contributed by atoms with Crippen LogP contribution in [0.3, 0.4) is 0 Å². The van der Waals surface area contributed by atoms with E-state index in [1.807, 2.05) is 50.1 Å². The minimum Gasteiger partial charge on any atom is -0.354 e. The van der Waals surface area contributed by atoms with Crippen molar-refractivity contribution >= 4 is 39.4 Å². The maximum Gasteiger partial charge on any atom is 0.253 e. The van der Waals surface area contributed by atoms with Crippen molar-refractivity contribution in [3.8, 4) is 0 Å². The van der Waals surface area contributed by atoms with E-state index >= 15 is 0 Å². The molecule has 1 saturated heterocycles. The van der Waals surface area contributed by atoms with Crippen LogP contribution in [0, 0.1) is 11.8 Å². The minimum atomic E-state index is 0.0263. The third kappa shape index (κ3) is 7.08. The van der Waals surface area contributed by atoms with Crippen LogP contribution in [0.5, 0.6) is 0 Å². The largest absolute Gasteiger partial charge is 0.354 e. The van der Waals surface area contributed by atoms with Crippen LogP contribution < -0.4 is 10.6 Å². The molecule has 200 valence electrons. The van der Waals surface area contributed by atoms with Gasteiger partial charge in [0.05, 0.1) is 10.2 Å². The predicted molar refractivity (Wildman–Crippen MR) is 150 cm³/mol. The standard InChI is InChI=1S/C28H39BrN6O2/c1-18(2)31-26(36)23-7-5-6-20(23)16-25-24(29)17-30-28(33-25)32-21-10-8-19(9-11-21)27(37)35(4)22-12-14-34(3)15-13-22/h8-11,17-18,20,22-23H,5-7,12-16H2,1-4H3,(H,31,36)(H,30,32,33)/t20-,23-/m0/s1. The Labute approximate surface area is 228 Å². The summed E-state index contributed by atoms with van der Waals surface area (Å²) in [7, 11) is 4.03. The number of rotatable bonds is 8. The fraction of sp³-hybridized carbons (Fsp3) is 0.571. The summed E-state index contributed by atoms with van der Waals surface area (Å²) >= 11 is 3.60. The van der Waals surface area contributed by atoms with Crippen LogP contribution >= 0.6 is 15.9 Å². The molecule has 0 unspecified atom stereocenters. The lowest BCUT2D eigenvalue weighted by molar-refractivity contribution is -0.126. The van der Waals surface area contributed by atoms with E-state index < -0.39 is 0 Å². The number of amides is 2. The normalized spacial score (nSPS) is 20.7. The van der Waals surface area contributed by atoms with E-state index in [-0.39, 0.29) is 35.7 Å². The van der Waals surface area contributed by atoms with Gasteiger partial charge in [-0.25, -0.2) is 9.97 Å². The second-order valence-electron chi connectivity index (χ2n) is 10.8. The van der Waals surface area contributed by atoms with Crippen molar-refractivity contribution in [1.82, 2.24) is 25.1 Å². The highest BCUT2D eigenvalue weighted by Gasteiger charge is 2.34. The smallest absolute Gasteiger partial charge is 0.253 e. The van der Waals surface area contributed by atoms with Crippen molar-refractivity contribution in [3.05, 3.63) is 46.2 Å². The Kier molecular flexibility index (Phi) is 9.18. The molecule has 1 aliphatic carbocycles. The van der Waals surface area contributed by atoms with Crippen LogP contribution in [0.2, 0.25) is 0 Å². The zero-order valence-electron chi connectivity index (χ0n) is 22.3. The van der Waals surface area contributed by atoms with Crippen LogP contribution in [0.1, 0.15) is 62.0 Å². The third-order valence-corrected chi connectivity index (χ3v) is 8.31. The molecule has 2 N–H and O–H groups in total. The Hall–Kier alpha value is -2.52. The van der Waals surface area contributed by atoms with E-state index in [4.69, 9.17) is 4.98 Å². The lowest BCUT2D eigenvalue weighted by Crippen LogP contribution is -2.44. The van der Waals surface area contributed by atoms with Gasteiger partial charge in [-0.1, -0.05) is 6.42 Å². The van der Waals surface area contributed by atoms with Crippen LogP contribution in [0.15, 0.2) is 34.9 Å². The van der Waals surface area contributed by atoms with E-state index in [9.17, 15) is 9.59 Å². The number of likely N-dealkylation sites (tertiary alicyclic amines) is 1. The fourth-order valence-electron chi connectivity index (χ4n) is 5.45. The zero-order chi connectivity index (χ0) is 26.5. The quantitative estimate of drug-likeness (QED) is 0.480. The zero-order valence-corrected chi connectivity index (χ0v) is 23.9. The number of benzene rings is 1. The highest BCUT2D eigenvalue weighted by atomic mass is 79.9. The Bertz CT molecular complexity index is 1080. The second-order valence-corrected chi connectivity index (χ2v) is 11.7. The van der Waals surface area contributed by atoms with Gasteiger partial charge < -0.3 is 20.4 Å². The third-order valence-electron chi connectivity index (χ3n) is 7.64. The predicted octanol–water partition coefficient (Wildman–Crippen LogP) is 4.63. The molecule has 8 nitrogen and oxygen atoms in total. The first-order valence-corrected chi connectivity index (χ1v) is 14.1. The number of aromatic nitrogens is 2. The van der Waals surface area contributed by atoms with E-state index in [2.05, 4.69) is 43.5 Å². The maximum absolute atomic E-state index is 13.0. The van der Waals surface area contributed by atoms with Crippen molar-refractivity contribution in [3.63, 3.8) is 0 Å². The minimum absolute atomic E-state index is 0.0263. The molecule has 1 aromatic carbocycles. The van der Waals surface area contributed by atoms with Crippen LogP contribution in [0.25, 0.3) is 0 Å². The van der Waals surface area contributed by atoms with Crippen molar-refractivity contribution in [2.24, 2.45) is 11.8 Å². The van der Waals surface area contributed by atoms with Gasteiger partial charge in [0.15, 0.2) is 0 Å². The molecule has 0 spiro atoms. The van der Waals surface area contributed by atoms with E-state index in [0.717, 1.165) is 67.5 Å². The van der Waals surface area contributed by atoms with Gasteiger partial charge in [0.2, 0.25) is 11.9 Å². The number of halogens is 1. The second kappa shape index (κ2) is 12.3. The molecule has 2 heterocycles. The molecule has 2 atom stereocenters. The summed E-state index contributed by atoms with van der Waals surface area (Å²) in [5.41, 5.74) is 2.40. The van der Waals surface area contributed by atoms with Gasteiger partial charge >= 0.3 is 0 Å². The molecular formula is C28H39BrN6O2. The molecule has 37 heavy (non-hydrogen) atoms. The summed E-state index contributed by atoms with van der Waals surface area (Å²) < 4.78 is 0.853. The summed E-state index contributed by atoms with van der Waals surface area (Å²) in [6.45, 7) is 6.04. The van der Waals surface area contributed by atoms with Crippen LogP contribution in [-0.2, 0) is 11.2 Å². The topological polar surface area (TPSA) is 90.5 Å². The number of nitrogens with zero attached hydrogens (tertiary/aromatic N) is 4. The van der Waals surface area contributed by atoms with E-state index in [1.165, 1.54) is 0 Å². The number of hydrogen-bond acceptors (Lipinski definition) is 6. The first-order valence-electron chi connectivity index (χ1n) is 13.4. The summed E-state index contributed by atoms with van der Waals surface area (Å²) in [6, 6.07) is 7.92. The van der Waals surface area contributed by atoms with Gasteiger partial charge in [0, 0.05) is 42.5 Å². The molecule has 9 heteroatoms. The molecule has 2 aromatic rings. The molecule has 4 rings (SSSR count). The average molecular weight is 572 g/mol. The lowest BCUT2D eigenvalue weighted by atomic mass is 9.90. The fourth-order valence-corrected chi connectivity index (χ4v) is 5.80. The Morgan fingerprint density at radius 3 is 2.51 bits per heavy atom. The number of carbonyl (C=O) groups is 2. The molecule has 0 radical (unpaired) electrons. The maximum atomic E-state index is 13.0. The number of nitrogens with one attached hydrogen (secondary N) is 2. The summed E-state index contributed by atoms with van der Waals surface area (Å²) in [6.07, 6.45) is 7.51. The Morgan fingerprint density at radius 2 is 1.84 bits per heavy atom. The van der Waals surface area contributed by atoms with Gasteiger partial charge in [-0.05, 0) is 112 Å². The van der Waals surface area contributed by atoms with Gasteiger partial charge in [-0.3, -0.25) is 9.59 Å². The van der Waals surface area contributed by atoms with Crippen LogP contribution in [-0.4, -0.2) is 70.9 Å². The highest BCUT2D eigenvalue weighted by Crippen LogP contribution is 2.35. The van der Waals surface area contributed by atoms with Gasteiger partial charge in [0.25, 0.3) is 5.91 Å². The number of hydrogen-bond donors (Lipinski definition) is 2. The Balaban J connectivity index is 1.39. The summed E-state index contributed by atoms with van der Waals surface area (Å²) in [5, 5.41) is 6.34. The van der Waals surface area contributed by atoms with Crippen molar-refractivity contribution in [2.75, 3.05) is 32.5 Å². The molecular weight excluding hydrogens is 532 g/mol. The highest BCUT2D eigenvalue weighted by molar-refractivity contribution is 9.10. The molecule has 1 saturated carbocycles. The first-order chi connectivity index (χ1) is 17.7. The monoisotopic (exact) mass is 570 g/mol. The molecule has 2 amide bonds. The average Bonchev–Trinajstić information content (AvgIpc) is 3.34. The SMILES string of the molecule is CC(C)NC(=O)[C@H]1CCC[C@H]1Cc1nc(Nc2ccc(C(=O)N(C)C3CCN(C)CC3)cc2)ncc1Br. The molecule has 2 aliphatic rings. The van der Waals surface area contributed by atoms with Crippen LogP contribution in [0.4, 0.5) is 11.6 Å². The molecule has 0 bridgehead atoms.